The maximum Gasteiger partial charge on any atom is 0.217 e. The van der Waals surface area contributed by atoms with E-state index < -0.39 is 0 Å². The standard InChI is InChI=1S/C12H17NO.H2/c1-9(14)13-12(2)7-10-5-3-4-6-11(10)8-12;/h3,5H,4,6-8H2,1-2H3,(H,13,14);1H. The second-order valence-electron chi connectivity index (χ2n) is 4.67. The van der Waals surface area contributed by atoms with Gasteiger partial charge in [-0.3, -0.25) is 4.79 Å². The highest BCUT2D eigenvalue weighted by molar-refractivity contribution is 5.74. The van der Waals surface area contributed by atoms with Gasteiger partial charge in [0.25, 0.3) is 0 Å². The van der Waals surface area contributed by atoms with E-state index in [9.17, 15) is 4.79 Å². The fourth-order valence-corrected chi connectivity index (χ4v) is 2.61. The molecule has 0 aromatic rings. The zero-order valence-corrected chi connectivity index (χ0v) is 8.89. The second-order valence-corrected chi connectivity index (χ2v) is 4.67. The van der Waals surface area contributed by atoms with E-state index in [2.05, 4.69) is 24.4 Å². The summed E-state index contributed by atoms with van der Waals surface area (Å²) in [7, 11) is 0. The predicted octanol–water partition coefficient (Wildman–Crippen LogP) is 2.57. The normalized spacial score (nSPS) is 30.4. The monoisotopic (exact) mass is 193 g/mol. The number of amides is 1. The van der Waals surface area contributed by atoms with Crippen molar-refractivity contribution in [3.8, 4) is 0 Å². The third-order valence-corrected chi connectivity index (χ3v) is 3.05. The number of hydrogen-bond acceptors (Lipinski definition) is 1. The first kappa shape index (κ1) is 9.50. The highest BCUT2D eigenvalue weighted by atomic mass is 16.1. The lowest BCUT2D eigenvalue weighted by Gasteiger charge is -2.25. The number of carbonyl (C=O) groups excluding carboxylic acids is 1. The summed E-state index contributed by atoms with van der Waals surface area (Å²) in [6.45, 7) is 3.74. The molecule has 0 fully saturated rings. The number of nitrogens with one attached hydrogen (secondary N) is 1. The molecule has 2 nitrogen and oxygen atoms in total. The van der Waals surface area contributed by atoms with Crippen molar-refractivity contribution in [3.05, 3.63) is 23.3 Å². The Labute approximate surface area is 86.6 Å². The van der Waals surface area contributed by atoms with Crippen molar-refractivity contribution in [2.75, 3.05) is 0 Å². The van der Waals surface area contributed by atoms with Gasteiger partial charge in [0, 0.05) is 13.9 Å². The average molecular weight is 193 g/mol. The van der Waals surface area contributed by atoms with Gasteiger partial charge in [-0.1, -0.05) is 17.7 Å². The summed E-state index contributed by atoms with van der Waals surface area (Å²) < 4.78 is 0. The molecular weight excluding hydrogens is 174 g/mol. The molecule has 0 heterocycles. The van der Waals surface area contributed by atoms with Gasteiger partial charge in [0.2, 0.25) is 5.91 Å². The van der Waals surface area contributed by atoms with Crippen molar-refractivity contribution in [3.63, 3.8) is 0 Å². The minimum Gasteiger partial charge on any atom is -0.351 e. The molecule has 1 atom stereocenters. The number of carbonyl (C=O) groups is 1. The number of hydrogen-bond donors (Lipinski definition) is 1. The van der Waals surface area contributed by atoms with Crippen LogP contribution in [0.5, 0.6) is 0 Å². The Morgan fingerprint density at radius 3 is 3.00 bits per heavy atom. The van der Waals surface area contributed by atoms with Crippen LogP contribution in [-0.2, 0) is 4.79 Å². The van der Waals surface area contributed by atoms with Gasteiger partial charge in [0.05, 0.1) is 0 Å². The minimum absolute atomic E-state index is 0. The van der Waals surface area contributed by atoms with Crippen molar-refractivity contribution in [1.29, 1.82) is 0 Å². The average Bonchev–Trinajstić information content (AvgIpc) is 2.38. The Hall–Kier alpha value is -1.05. The van der Waals surface area contributed by atoms with Crippen molar-refractivity contribution < 1.29 is 6.22 Å². The van der Waals surface area contributed by atoms with Crippen LogP contribution >= 0.6 is 0 Å². The maximum absolute atomic E-state index is 11.1. The molecule has 78 valence electrons. The molecule has 14 heavy (non-hydrogen) atoms. The highest BCUT2D eigenvalue weighted by Gasteiger charge is 2.34. The third-order valence-electron chi connectivity index (χ3n) is 3.05. The van der Waals surface area contributed by atoms with Gasteiger partial charge in [0.1, 0.15) is 0 Å². The van der Waals surface area contributed by atoms with E-state index in [0.717, 1.165) is 19.3 Å². The molecule has 2 aliphatic rings. The Morgan fingerprint density at radius 1 is 1.57 bits per heavy atom. The Bertz CT molecular complexity index is 333. The molecule has 0 spiro atoms. The van der Waals surface area contributed by atoms with Gasteiger partial charge in [-0.25, -0.2) is 0 Å². The molecule has 0 aromatic heterocycles. The molecule has 2 rings (SSSR count). The van der Waals surface area contributed by atoms with Crippen LogP contribution in [0, 0.1) is 0 Å². The number of allylic oxidation sites excluding steroid dienone is 2. The Kier molecular flexibility index (Phi) is 2.22. The van der Waals surface area contributed by atoms with E-state index in [1.165, 1.54) is 12.0 Å². The lowest BCUT2D eigenvalue weighted by Crippen LogP contribution is -2.43. The van der Waals surface area contributed by atoms with E-state index in [1.807, 2.05) is 0 Å². The molecule has 0 saturated carbocycles. The fraction of sp³-hybridized carbons (Fsp3) is 0.583. The zero-order chi connectivity index (χ0) is 10.2. The van der Waals surface area contributed by atoms with Crippen LogP contribution in [0.1, 0.15) is 41.0 Å². The van der Waals surface area contributed by atoms with Crippen LogP contribution in [-0.4, -0.2) is 11.4 Å². The van der Waals surface area contributed by atoms with Crippen molar-refractivity contribution in [2.45, 2.75) is 45.1 Å². The third kappa shape index (κ3) is 1.74. The molecule has 2 heteroatoms. The summed E-state index contributed by atoms with van der Waals surface area (Å²) in [5.74, 6) is 0.0799. The smallest absolute Gasteiger partial charge is 0.217 e. The number of rotatable bonds is 1. The van der Waals surface area contributed by atoms with Crippen LogP contribution in [0.2, 0.25) is 0 Å². The highest BCUT2D eigenvalue weighted by Crippen LogP contribution is 2.39. The van der Waals surface area contributed by atoms with Gasteiger partial charge in [0.15, 0.2) is 0 Å². The van der Waals surface area contributed by atoms with Gasteiger partial charge < -0.3 is 5.32 Å². The molecule has 1 N–H and O–H groups in total. The molecule has 1 unspecified atom stereocenters. The van der Waals surface area contributed by atoms with Crippen LogP contribution in [0.25, 0.3) is 0 Å². The van der Waals surface area contributed by atoms with Crippen LogP contribution in [0.4, 0.5) is 0 Å². The van der Waals surface area contributed by atoms with Crippen LogP contribution < -0.4 is 5.32 Å². The van der Waals surface area contributed by atoms with E-state index in [-0.39, 0.29) is 12.9 Å². The summed E-state index contributed by atoms with van der Waals surface area (Å²) >= 11 is 0. The summed E-state index contributed by atoms with van der Waals surface area (Å²) in [6, 6.07) is 0. The Balaban J connectivity index is 0.00000112. The largest absolute Gasteiger partial charge is 0.351 e. The van der Waals surface area contributed by atoms with E-state index in [0.29, 0.717) is 0 Å². The van der Waals surface area contributed by atoms with E-state index >= 15 is 0 Å². The van der Waals surface area contributed by atoms with Crippen molar-refractivity contribution >= 4 is 5.91 Å². The van der Waals surface area contributed by atoms with Crippen molar-refractivity contribution in [2.24, 2.45) is 0 Å². The predicted molar refractivity (Wildman–Crippen MR) is 59.0 cm³/mol. The van der Waals surface area contributed by atoms with E-state index in [4.69, 9.17) is 0 Å². The molecule has 0 radical (unpaired) electrons. The first-order valence-electron chi connectivity index (χ1n) is 5.25. The molecular formula is C12H19NO. The van der Waals surface area contributed by atoms with Crippen LogP contribution in [0.15, 0.2) is 23.3 Å². The lowest BCUT2D eigenvalue weighted by molar-refractivity contribution is -0.120. The quantitative estimate of drug-likeness (QED) is 0.681. The molecule has 1 amide bonds. The molecule has 0 saturated heterocycles. The lowest BCUT2D eigenvalue weighted by atomic mass is 9.96. The topological polar surface area (TPSA) is 29.1 Å². The van der Waals surface area contributed by atoms with Gasteiger partial charge >= 0.3 is 0 Å². The van der Waals surface area contributed by atoms with Gasteiger partial charge in [-0.15, -0.1) is 0 Å². The SMILES string of the molecule is CC(=O)NC1(C)CC2=C(CCC=C2)C1.[HH]. The first-order chi connectivity index (χ1) is 6.59. The second kappa shape index (κ2) is 3.26. The zero-order valence-electron chi connectivity index (χ0n) is 8.89. The molecule has 0 bridgehead atoms. The first-order valence-corrected chi connectivity index (χ1v) is 5.25. The van der Waals surface area contributed by atoms with E-state index in [1.54, 1.807) is 12.5 Å². The van der Waals surface area contributed by atoms with Gasteiger partial charge in [-0.05, 0) is 38.2 Å². The summed E-state index contributed by atoms with van der Waals surface area (Å²) in [6.07, 6.45) is 8.84. The fourth-order valence-electron chi connectivity index (χ4n) is 2.61. The summed E-state index contributed by atoms with van der Waals surface area (Å²) in [4.78, 5) is 11.1. The summed E-state index contributed by atoms with van der Waals surface area (Å²) in [5, 5.41) is 3.06. The maximum atomic E-state index is 11.1. The molecule has 0 aromatic carbocycles. The van der Waals surface area contributed by atoms with Crippen molar-refractivity contribution in [1.82, 2.24) is 5.32 Å². The minimum atomic E-state index is -0.0226. The molecule has 2 aliphatic carbocycles. The Morgan fingerprint density at radius 2 is 2.36 bits per heavy atom. The summed E-state index contributed by atoms with van der Waals surface area (Å²) in [5.41, 5.74) is 2.97. The molecule has 0 aliphatic heterocycles. The van der Waals surface area contributed by atoms with Gasteiger partial charge in [-0.2, -0.15) is 0 Å². The van der Waals surface area contributed by atoms with Crippen LogP contribution in [0.3, 0.4) is 0 Å².